The second kappa shape index (κ2) is 9.70. The van der Waals surface area contributed by atoms with Gasteiger partial charge in [-0.2, -0.15) is 0 Å². The molecule has 1 heterocycles. The van der Waals surface area contributed by atoms with Crippen LogP contribution in [0.3, 0.4) is 0 Å². The molecule has 0 saturated heterocycles. The minimum absolute atomic E-state index is 0.0146. The Kier molecular flexibility index (Phi) is 6.56. The molecule has 0 unspecified atom stereocenters. The molecule has 0 fully saturated rings. The highest BCUT2D eigenvalue weighted by molar-refractivity contribution is 7.99. The molecule has 0 aliphatic carbocycles. The Balaban J connectivity index is 1.51. The van der Waals surface area contributed by atoms with Gasteiger partial charge in [0.2, 0.25) is 17.7 Å². The van der Waals surface area contributed by atoms with E-state index in [2.05, 4.69) is 10.6 Å². The maximum Gasteiger partial charge on any atom is 0.244 e. The van der Waals surface area contributed by atoms with E-state index in [1.807, 2.05) is 54.6 Å². The normalized spacial score (nSPS) is 15.5. The zero-order valence-electron chi connectivity index (χ0n) is 17.6. The van der Waals surface area contributed by atoms with Crippen LogP contribution in [0.4, 0.5) is 17.1 Å². The van der Waals surface area contributed by atoms with Gasteiger partial charge in [-0.05, 0) is 42.0 Å². The number of rotatable bonds is 5. The van der Waals surface area contributed by atoms with Crippen LogP contribution < -0.4 is 15.5 Å². The average Bonchev–Trinajstić information content (AvgIpc) is 2.92. The lowest BCUT2D eigenvalue weighted by Gasteiger charge is -2.22. The summed E-state index contributed by atoms with van der Waals surface area (Å²) >= 11 is 1.65. The summed E-state index contributed by atoms with van der Waals surface area (Å²) in [5.41, 5.74) is 3.08. The Hall–Kier alpha value is -3.58. The quantitative estimate of drug-likeness (QED) is 0.588. The lowest BCUT2D eigenvalue weighted by Crippen LogP contribution is -2.38. The molecular weight excluding hydrogens is 422 g/mol. The van der Waals surface area contributed by atoms with Gasteiger partial charge >= 0.3 is 0 Å². The maximum absolute atomic E-state index is 13.2. The highest BCUT2D eigenvalue weighted by Crippen LogP contribution is 2.45. The molecule has 4 rings (SSSR count). The standard InChI is InChI=1S/C25H23N3O3S/c1-17(29)26-19-11-13-20(14-12-19)27-24(30)16-28-21-9-5-6-10-22(21)32-23(15-25(28)31)18-7-3-2-4-8-18/h2-14,23H,15-16H2,1H3,(H,26,29)(H,27,30)/t23-/m0/s1. The van der Waals surface area contributed by atoms with Crippen LogP contribution in [0.2, 0.25) is 0 Å². The van der Waals surface area contributed by atoms with Gasteiger partial charge in [0.1, 0.15) is 6.54 Å². The predicted molar refractivity (Wildman–Crippen MR) is 128 cm³/mol. The second-order valence-electron chi connectivity index (χ2n) is 7.48. The first-order valence-corrected chi connectivity index (χ1v) is 11.2. The van der Waals surface area contributed by atoms with Crippen LogP contribution in [0.15, 0.2) is 83.8 Å². The van der Waals surface area contributed by atoms with E-state index in [1.165, 1.54) is 6.92 Å². The highest BCUT2D eigenvalue weighted by Gasteiger charge is 2.30. The minimum atomic E-state index is -0.288. The van der Waals surface area contributed by atoms with Gasteiger partial charge in [0.15, 0.2) is 0 Å². The number of hydrogen-bond acceptors (Lipinski definition) is 4. The van der Waals surface area contributed by atoms with Gasteiger partial charge in [0, 0.05) is 34.9 Å². The van der Waals surface area contributed by atoms with Crippen molar-refractivity contribution in [2.24, 2.45) is 0 Å². The van der Waals surface area contributed by atoms with E-state index in [0.717, 1.165) is 16.1 Å². The van der Waals surface area contributed by atoms with Gasteiger partial charge in [-0.1, -0.05) is 42.5 Å². The fourth-order valence-corrected chi connectivity index (χ4v) is 4.87. The van der Waals surface area contributed by atoms with E-state index in [1.54, 1.807) is 40.9 Å². The van der Waals surface area contributed by atoms with E-state index in [9.17, 15) is 14.4 Å². The van der Waals surface area contributed by atoms with Crippen molar-refractivity contribution in [2.75, 3.05) is 22.1 Å². The van der Waals surface area contributed by atoms with E-state index in [4.69, 9.17) is 0 Å². The van der Waals surface area contributed by atoms with E-state index < -0.39 is 0 Å². The predicted octanol–water partition coefficient (Wildman–Crippen LogP) is 4.85. The number of carbonyl (C=O) groups excluding carboxylic acids is 3. The summed E-state index contributed by atoms with van der Waals surface area (Å²) in [6.07, 6.45) is 0.308. The van der Waals surface area contributed by atoms with Crippen molar-refractivity contribution in [3.8, 4) is 0 Å². The van der Waals surface area contributed by atoms with Gasteiger partial charge < -0.3 is 15.5 Å². The van der Waals surface area contributed by atoms with Crippen LogP contribution in [0, 0.1) is 0 Å². The van der Waals surface area contributed by atoms with Gasteiger partial charge in [-0.25, -0.2) is 0 Å². The summed E-state index contributed by atoms with van der Waals surface area (Å²) in [5, 5.41) is 5.50. The highest BCUT2D eigenvalue weighted by atomic mass is 32.2. The Bertz CT molecular complexity index is 1130. The third kappa shape index (κ3) is 5.18. The van der Waals surface area contributed by atoms with E-state index in [-0.39, 0.29) is 29.5 Å². The number of benzene rings is 3. The molecule has 1 atom stereocenters. The number of para-hydroxylation sites is 1. The summed E-state index contributed by atoms with van der Waals surface area (Å²) < 4.78 is 0. The molecule has 0 aromatic heterocycles. The lowest BCUT2D eigenvalue weighted by atomic mass is 10.1. The molecule has 1 aliphatic heterocycles. The Morgan fingerprint density at radius 3 is 2.22 bits per heavy atom. The monoisotopic (exact) mass is 445 g/mol. The Labute approximate surface area is 191 Å². The van der Waals surface area contributed by atoms with Gasteiger partial charge in [-0.15, -0.1) is 11.8 Å². The number of thioether (sulfide) groups is 1. The average molecular weight is 446 g/mol. The van der Waals surface area contributed by atoms with Gasteiger partial charge in [0.25, 0.3) is 0 Å². The smallest absolute Gasteiger partial charge is 0.244 e. The number of fused-ring (bicyclic) bond motifs is 1. The summed E-state index contributed by atoms with van der Waals surface area (Å²) in [4.78, 5) is 39.7. The number of nitrogens with one attached hydrogen (secondary N) is 2. The van der Waals surface area contributed by atoms with Crippen molar-refractivity contribution in [1.29, 1.82) is 0 Å². The Morgan fingerprint density at radius 1 is 0.906 bits per heavy atom. The van der Waals surface area contributed by atoms with Crippen molar-refractivity contribution in [3.63, 3.8) is 0 Å². The van der Waals surface area contributed by atoms with Gasteiger partial charge in [-0.3, -0.25) is 14.4 Å². The first-order chi connectivity index (χ1) is 15.5. The number of carbonyl (C=O) groups is 3. The molecule has 0 spiro atoms. The molecule has 3 amide bonds. The molecule has 3 aromatic rings. The SMILES string of the molecule is CC(=O)Nc1ccc(NC(=O)CN2C(=O)C[C@@H](c3ccccc3)Sc3ccccc32)cc1. The van der Waals surface area contributed by atoms with Crippen LogP contribution in [0.1, 0.15) is 24.2 Å². The van der Waals surface area contributed by atoms with Crippen molar-refractivity contribution >= 4 is 46.5 Å². The molecule has 2 N–H and O–H groups in total. The third-order valence-electron chi connectivity index (χ3n) is 5.05. The van der Waals surface area contributed by atoms with E-state index in [0.29, 0.717) is 17.8 Å². The van der Waals surface area contributed by atoms with Crippen LogP contribution in [-0.2, 0) is 14.4 Å². The number of nitrogens with zero attached hydrogens (tertiary/aromatic N) is 1. The molecule has 1 aliphatic rings. The summed E-state index contributed by atoms with van der Waals surface area (Å²) in [7, 11) is 0. The van der Waals surface area contributed by atoms with Crippen molar-refractivity contribution in [2.45, 2.75) is 23.5 Å². The molecule has 0 saturated carbocycles. The number of anilines is 3. The Morgan fingerprint density at radius 2 is 1.53 bits per heavy atom. The maximum atomic E-state index is 13.2. The lowest BCUT2D eigenvalue weighted by molar-refractivity contribution is -0.121. The first-order valence-electron chi connectivity index (χ1n) is 10.3. The first kappa shape index (κ1) is 21.6. The van der Waals surface area contributed by atoms with Crippen molar-refractivity contribution in [1.82, 2.24) is 0 Å². The second-order valence-corrected chi connectivity index (χ2v) is 8.72. The molecule has 162 valence electrons. The van der Waals surface area contributed by atoms with E-state index >= 15 is 0 Å². The van der Waals surface area contributed by atoms with Crippen LogP contribution in [0.5, 0.6) is 0 Å². The zero-order chi connectivity index (χ0) is 22.5. The molecule has 6 nitrogen and oxygen atoms in total. The number of amides is 3. The zero-order valence-corrected chi connectivity index (χ0v) is 18.4. The molecule has 3 aromatic carbocycles. The minimum Gasteiger partial charge on any atom is -0.326 e. The van der Waals surface area contributed by atoms with Crippen LogP contribution in [-0.4, -0.2) is 24.3 Å². The fourth-order valence-electron chi connectivity index (χ4n) is 3.59. The summed E-state index contributed by atoms with van der Waals surface area (Å²) in [6, 6.07) is 24.5. The van der Waals surface area contributed by atoms with Crippen molar-refractivity contribution in [3.05, 3.63) is 84.4 Å². The van der Waals surface area contributed by atoms with Crippen LogP contribution in [0.25, 0.3) is 0 Å². The van der Waals surface area contributed by atoms with Gasteiger partial charge in [0.05, 0.1) is 5.69 Å². The molecular formula is C25H23N3O3S. The molecule has 0 bridgehead atoms. The largest absolute Gasteiger partial charge is 0.326 e. The van der Waals surface area contributed by atoms with Crippen molar-refractivity contribution < 1.29 is 14.4 Å². The van der Waals surface area contributed by atoms with Crippen LogP contribution >= 0.6 is 11.8 Å². The fraction of sp³-hybridized carbons (Fsp3) is 0.160. The summed E-state index contributed by atoms with van der Waals surface area (Å²) in [5.74, 6) is -0.539. The molecule has 0 radical (unpaired) electrons. The third-order valence-corrected chi connectivity index (χ3v) is 6.37. The summed E-state index contributed by atoms with van der Waals surface area (Å²) in [6.45, 7) is 1.36. The topological polar surface area (TPSA) is 78.5 Å². The number of hydrogen-bond donors (Lipinski definition) is 2. The molecule has 32 heavy (non-hydrogen) atoms. The molecule has 7 heteroatoms.